The topological polar surface area (TPSA) is 56.7 Å². The Hall–Kier alpha value is -0.440. The molecule has 0 bridgehead atoms. The number of thioether (sulfide) groups is 1. The molecule has 1 atom stereocenters. The van der Waals surface area contributed by atoms with Gasteiger partial charge in [0.25, 0.3) is 0 Å². The van der Waals surface area contributed by atoms with E-state index in [4.69, 9.17) is 0 Å². The zero-order chi connectivity index (χ0) is 17.2. The van der Waals surface area contributed by atoms with Crippen LogP contribution in [-0.4, -0.2) is 60.5 Å². The van der Waals surface area contributed by atoms with E-state index in [0.29, 0.717) is 11.9 Å². The Labute approximate surface area is 173 Å². The fourth-order valence-corrected chi connectivity index (χ4v) is 3.96. The Kier molecular flexibility index (Phi) is 11.6. The van der Waals surface area contributed by atoms with Gasteiger partial charge in [-0.25, -0.2) is 0 Å². The van der Waals surface area contributed by atoms with Crippen molar-refractivity contribution in [1.29, 1.82) is 0 Å². The molecule has 2 aliphatic rings. The van der Waals surface area contributed by atoms with Crippen molar-refractivity contribution < 1.29 is 4.79 Å². The Morgan fingerprint density at radius 1 is 1.36 bits per heavy atom. The van der Waals surface area contributed by atoms with Gasteiger partial charge in [-0.2, -0.15) is 11.8 Å². The summed E-state index contributed by atoms with van der Waals surface area (Å²) in [6.45, 7) is 9.14. The molecule has 0 aromatic rings. The van der Waals surface area contributed by atoms with Crippen molar-refractivity contribution in [1.82, 2.24) is 15.5 Å². The highest BCUT2D eigenvalue weighted by molar-refractivity contribution is 14.0. The first-order chi connectivity index (χ1) is 11.7. The third-order valence-corrected chi connectivity index (χ3v) is 5.57. The number of amides is 1. The van der Waals surface area contributed by atoms with E-state index < -0.39 is 0 Å². The van der Waals surface area contributed by atoms with Gasteiger partial charge in [-0.15, -0.1) is 30.6 Å². The van der Waals surface area contributed by atoms with Crippen molar-refractivity contribution in [2.75, 3.05) is 37.7 Å². The fourth-order valence-electron chi connectivity index (χ4n) is 3.41. The van der Waals surface area contributed by atoms with Gasteiger partial charge in [-0.1, -0.05) is 18.9 Å². The first-order valence-corrected chi connectivity index (χ1v) is 10.4. The van der Waals surface area contributed by atoms with Crippen LogP contribution in [0.5, 0.6) is 0 Å². The van der Waals surface area contributed by atoms with Crippen molar-refractivity contribution in [3.8, 4) is 0 Å². The number of nitrogens with zero attached hydrogens (tertiary/aromatic N) is 2. The SMILES string of the molecule is C=CCSCCN=C(NCC)NC1CCN(C(=O)C2CCCC2)C1.I. The van der Waals surface area contributed by atoms with Gasteiger partial charge in [0, 0.05) is 43.1 Å². The van der Waals surface area contributed by atoms with Crippen LogP contribution < -0.4 is 10.6 Å². The maximum atomic E-state index is 12.5. The molecule has 0 aromatic heterocycles. The van der Waals surface area contributed by atoms with E-state index in [1.165, 1.54) is 12.8 Å². The summed E-state index contributed by atoms with van der Waals surface area (Å²) in [6.07, 6.45) is 7.53. The molecule has 1 saturated carbocycles. The number of nitrogens with one attached hydrogen (secondary N) is 2. The van der Waals surface area contributed by atoms with E-state index in [0.717, 1.165) is 62.9 Å². The first kappa shape index (κ1) is 22.6. The monoisotopic (exact) mass is 480 g/mol. The number of halogens is 1. The molecular formula is C18H33IN4OS. The number of hydrogen-bond donors (Lipinski definition) is 2. The molecule has 0 radical (unpaired) electrons. The highest BCUT2D eigenvalue weighted by Gasteiger charge is 2.32. The first-order valence-electron chi connectivity index (χ1n) is 9.26. The Bertz CT molecular complexity index is 441. The lowest BCUT2D eigenvalue weighted by molar-refractivity contribution is -0.134. The van der Waals surface area contributed by atoms with E-state index in [-0.39, 0.29) is 29.9 Å². The Morgan fingerprint density at radius 3 is 2.80 bits per heavy atom. The largest absolute Gasteiger partial charge is 0.357 e. The molecule has 5 nitrogen and oxygen atoms in total. The lowest BCUT2D eigenvalue weighted by atomic mass is 10.1. The van der Waals surface area contributed by atoms with Crippen LogP contribution in [-0.2, 0) is 4.79 Å². The third-order valence-electron chi connectivity index (χ3n) is 4.63. The van der Waals surface area contributed by atoms with Crippen LogP contribution >= 0.6 is 35.7 Å². The number of hydrogen-bond acceptors (Lipinski definition) is 3. The molecule has 1 aliphatic carbocycles. The van der Waals surface area contributed by atoms with Crippen LogP contribution in [0.15, 0.2) is 17.6 Å². The quantitative estimate of drug-likeness (QED) is 0.185. The molecule has 1 aliphatic heterocycles. The predicted octanol–water partition coefficient (Wildman–Crippen LogP) is 2.87. The molecule has 0 aromatic carbocycles. The Morgan fingerprint density at radius 2 is 2.12 bits per heavy atom. The smallest absolute Gasteiger partial charge is 0.225 e. The second kappa shape index (κ2) is 12.8. The number of carbonyl (C=O) groups excluding carboxylic acids is 1. The van der Waals surface area contributed by atoms with Crippen LogP contribution in [0, 0.1) is 5.92 Å². The van der Waals surface area contributed by atoms with Crippen molar-refractivity contribution in [2.45, 2.75) is 45.1 Å². The average molecular weight is 480 g/mol. The van der Waals surface area contributed by atoms with Gasteiger partial charge in [0.1, 0.15) is 0 Å². The molecule has 7 heteroatoms. The average Bonchev–Trinajstić information content (AvgIpc) is 3.26. The molecule has 2 fully saturated rings. The highest BCUT2D eigenvalue weighted by atomic mass is 127. The maximum Gasteiger partial charge on any atom is 0.225 e. The normalized spacial score (nSPS) is 21.1. The van der Waals surface area contributed by atoms with Crippen LogP contribution in [0.25, 0.3) is 0 Å². The van der Waals surface area contributed by atoms with Crippen LogP contribution in [0.1, 0.15) is 39.0 Å². The second-order valence-electron chi connectivity index (χ2n) is 6.52. The van der Waals surface area contributed by atoms with Gasteiger partial charge >= 0.3 is 0 Å². The third kappa shape index (κ3) is 7.76. The minimum atomic E-state index is 0. The van der Waals surface area contributed by atoms with E-state index in [1.54, 1.807) is 0 Å². The second-order valence-corrected chi connectivity index (χ2v) is 7.67. The van der Waals surface area contributed by atoms with Gasteiger partial charge in [-0.3, -0.25) is 9.79 Å². The summed E-state index contributed by atoms with van der Waals surface area (Å²) >= 11 is 1.84. The summed E-state index contributed by atoms with van der Waals surface area (Å²) < 4.78 is 0. The van der Waals surface area contributed by atoms with Crippen LogP contribution in [0.4, 0.5) is 0 Å². The summed E-state index contributed by atoms with van der Waals surface area (Å²) in [4.78, 5) is 19.2. The summed E-state index contributed by atoms with van der Waals surface area (Å²) in [5.41, 5.74) is 0. The van der Waals surface area contributed by atoms with Crippen LogP contribution in [0.3, 0.4) is 0 Å². The van der Waals surface area contributed by atoms with Gasteiger partial charge in [0.2, 0.25) is 5.91 Å². The fraction of sp³-hybridized carbons (Fsp3) is 0.778. The lowest BCUT2D eigenvalue weighted by Gasteiger charge is -2.21. The molecule has 1 heterocycles. The van der Waals surface area contributed by atoms with E-state index in [1.807, 2.05) is 17.8 Å². The number of rotatable bonds is 8. The van der Waals surface area contributed by atoms with Crippen molar-refractivity contribution in [3.63, 3.8) is 0 Å². The molecule has 2 rings (SSSR count). The standard InChI is InChI=1S/C18H32N4OS.HI/c1-3-12-24-13-10-20-18(19-4-2)21-16-9-11-22(14-16)17(23)15-7-5-6-8-15;/h3,15-16H,1,4-14H2,2H3,(H2,19,20,21);1H. The molecule has 25 heavy (non-hydrogen) atoms. The molecule has 144 valence electrons. The molecule has 2 N–H and O–H groups in total. The maximum absolute atomic E-state index is 12.5. The summed E-state index contributed by atoms with van der Waals surface area (Å²) in [7, 11) is 0. The lowest BCUT2D eigenvalue weighted by Crippen LogP contribution is -2.45. The minimum absolute atomic E-state index is 0. The van der Waals surface area contributed by atoms with Gasteiger partial charge in [-0.05, 0) is 26.2 Å². The van der Waals surface area contributed by atoms with Crippen molar-refractivity contribution in [3.05, 3.63) is 12.7 Å². The molecule has 1 amide bonds. The molecule has 1 saturated heterocycles. The number of guanidine groups is 1. The number of carbonyl (C=O) groups is 1. The molecule has 0 spiro atoms. The number of likely N-dealkylation sites (tertiary alicyclic amines) is 1. The van der Waals surface area contributed by atoms with Gasteiger partial charge in [0.15, 0.2) is 5.96 Å². The van der Waals surface area contributed by atoms with Crippen LogP contribution in [0.2, 0.25) is 0 Å². The summed E-state index contributed by atoms with van der Waals surface area (Å²) in [6, 6.07) is 0.314. The van der Waals surface area contributed by atoms with E-state index in [9.17, 15) is 4.79 Å². The summed E-state index contributed by atoms with van der Waals surface area (Å²) in [5.74, 6) is 3.50. The molecule has 1 unspecified atom stereocenters. The Balaban J connectivity index is 0.00000312. The zero-order valence-electron chi connectivity index (χ0n) is 15.3. The zero-order valence-corrected chi connectivity index (χ0v) is 18.5. The van der Waals surface area contributed by atoms with Gasteiger partial charge in [0.05, 0.1) is 6.54 Å². The van der Waals surface area contributed by atoms with E-state index in [2.05, 4.69) is 34.0 Å². The van der Waals surface area contributed by atoms with Crippen molar-refractivity contribution in [2.24, 2.45) is 10.9 Å². The van der Waals surface area contributed by atoms with E-state index >= 15 is 0 Å². The molecular weight excluding hydrogens is 447 g/mol. The predicted molar refractivity (Wildman–Crippen MR) is 119 cm³/mol. The summed E-state index contributed by atoms with van der Waals surface area (Å²) in [5, 5.41) is 6.80. The van der Waals surface area contributed by atoms with Crippen molar-refractivity contribution >= 4 is 47.6 Å². The highest BCUT2D eigenvalue weighted by Crippen LogP contribution is 2.27. The minimum Gasteiger partial charge on any atom is -0.357 e. The van der Waals surface area contributed by atoms with Gasteiger partial charge < -0.3 is 15.5 Å². The number of aliphatic imine (C=N–C) groups is 1.